The first-order valence-electron chi connectivity index (χ1n) is 8.06. The third-order valence-electron chi connectivity index (χ3n) is 3.81. The Bertz CT molecular complexity index is 1050. The van der Waals surface area contributed by atoms with Crippen molar-refractivity contribution in [3.8, 4) is 11.5 Å². The number of benzene rings is 2. The molecule has 1 amide bonds. The molecule has 0 spiro atoms. The van der Waals surface area contributed by atoms with Gasteiger partial charge in [0, 0.05) is 16.0 Å². The Morgan fingerprint density at radius 1 is 0.967 bits per heavy atom. The molecule has 30 heavy (non-hydrogen) atoms. The summed E-state index contributed by atoms with van der Waals surface area (Å²) in [7, 11) is 0. The third kappa shape index (κ3) is 4.93. The molecular formula is C18H11F6N3O2S. The molecule has 0 unspecified atom stereocenters. The van der Waals surface area contributed by atoms with Crippen molar-refractivity contribution in [2.45, 2.75) is 17.2 Å². The average Bonchev–Trinajstić information content (AvgIpc) is 3.15. The fraction of sp³-hybridized carbons (Fsp3) is 0.167. The van der Waals surface area contributed by atoms with Crippen molar-refractivity contribution < 1.29 is 35.6 Å². The van der Waals surface area contributed by atoms with Crippen LogP contribution in [0.25, 0.3) is 11.5 Å². The molecule has 1 aromatic heterocycles. The molecule has 0 bridgehead atoms. The molecule has 1 heterocycles. The largest absolute Gasteiger partial charge is 0.416 e. The highest BCUT2D eigenvalue weighted by molar-refractivity contribution is 7.98. The Morgan fingerprint density at radius 2 is 1.60 bits per heavy atom. The zero-order valence-electron chi connectivity index (χ0n) is 14.9. The minimum atomic E-state index is -5.07. The van der Waals surface area contributed by atoms with Gasteiger partial charge in [-0.3, -0.25) is 10.1 Å². The first kappa shape index (κ1) is 21.7. The number of amides is 1. The average molecular weight is 447 g/mol. The zero-order valence-corrected chi connectivity index (χ0v) is 15.7. The summed E-state index contributed by atoms with van der Waals surface area (Å²) >= 11 is 1.46. The molecule has 0 aliphatic heterocycles. The number of halogens is 6. The Balaban J connectivity index is 1.88. The smallest absolute Gasteiger partial charge is 0.403 e. The van der Waals surface area contributed by atoms with E-state index in [-0.39, 0.29) is 12.0 Å². The van der Waals surface area contributed by atoms with E-state index in [0.29, 0.717) is 17.7 Å². The lowest BCUT2D eigenvalue weighted by atomic mass is 10.0. The van der Waals surface area contributed by atoms with Crippen LogP contribution in [0, 0.1) is 0 Å². The van der Waals surface area contributed by atoms with E-state index in [1.165, 1.54) is 11.8 Å². The topological polar surface area (TPSA) is 68.0 Å². The molecule has 158 valence electrons. The maximum absolute atomic E-state index is 12.9. The lowest BCUT2D eigenvalue weighted by molar-refractivity contribution is -0.143. The van der Waals surface area contributed by atoms with Crippen LogP contribution in [0.4, 0.5) is 32.4 Å². The second-order valence-corrected chi connectivity index (χ2v) is 6.77. The highest BCUT2D eigenvalue weighted by Gasteiger charge is 2.37. The van der Waals surface area contributed by atoms with Crippen molar-refractivity contribution in [2.75, 3.05) is 11.6 Å². The number of carbonyl (C=O) groups is 1. The maximum Gasteiger partial charge on any atom is 0.416 e. The third-order valence-corrected chi connectivity index (χ3v) is 4.54. The molecule has 0 fully saturated rings. The zero-order chi connectivity index (χ0) is 22.1. The second-order valence-electron chi connectivity index (χ2n) is 5.89. The fourth-order valence-electron chi connectivity index (χ4n) is 2.40. The minimum absolute atomic E-state index is 0.0150. The van der Waals surface area contributed by atoms with E-state index < -0.39 is 41.0 Å². The number of anilines is 1. The van der Waals surface area contributed by atoms with Gasteiger partial charge < -0.3 is 4.42 Å². The molecule has 0 aliphatic rings. The van der Waals surface area contributed by atoms with Gasteiger partial charge in [-0.05, 0) is 42.7 Å². The van der Waals surface area contributed by atoms with Gasteiger partial charge in [-0.2, -0.15) is 26.3 Å². The van der Waals surface area contributed by atoms with Gasteiger partial charge >= 0.3 is 18.4 Å². The van der Waals surface area contributed by atoms with Gasteiger partial charge in [-0.1, -0.05) is 11.2 Å². The standard InChI is InChI=1S/C18H11F6N3O2S/c1-30-13-4-2-3-9(7-13)15-26-27-16(29-15)25-14(28)10-5-11(17(19,20)21)8-12(6-10)18(22,23)24/h2-8H,1H3,(H,25,27,28). The minimum Gasteiger partial charge on any atom is -0.403 e. The van der Waals surface area contributed by atoms with Crippen molar-refractivity contribution in [1.29, 1.82) is 0 Å². The normalized spacial score (nSPS) is 12.1. The van der Waals surface area contributed by atoms with Gasteiger partial charge in [-0.15, -0.1) is 16.9 Å². The summed E-state index contributed by atoms with van der Waals surface area (Å²) in [5, 5.41) is 9.29. The van der Waals surface area contributed by atoms with Crippen molar-refractivity contribution in [3.63, 3.8) is 0 Å². The molecule has 2 aromatic carbocycles. The Morgan fingerprint density at radius 3 is 2.17 bits per heavy atom. The Labute approximate surface area is 169 Å². The summed E-state index contributed by atoms with van der Waals surface area (Å²) in [6.07, 6.45) is -8.30. The van der Waals surface area contributed by atoms with E-state index in [1.807, 2.05) is 17.6 Å². The van der Waals surface area contributed by atoms with Crippen LogP contribution >= 0.6 is 11.8 Å². The quantitative estimate of drug-likeness (QED) is 0.408. The first-order valence-corrected chi connectivity index (χ1v) is 9.28. The van der Waals surface area contributed by atoms with Gasteiger partial charge in [0.15, 0.2) is 0 Å². The number of hydrogen-bond acceptors (Lipinski definition) is 5. The number of nitrogens with one attached hydrogen (secondary N) is 1. The number of carbonyl (C=O) groups excluding carboxylic acids is 1. The van der Waals surface area contributed by atoms with E-state index in [2.05, 4.69) is 10.2 Å². The van der Waals surface area contributed by atoms with Crippen LogP contribution in [0.2, 0.25) is 0 Å². The lowest BCUT2D eigenvalue weighted by Crippen LogP contribution is -2.17. The van der Waals surface area contributed by atoms with Gasteiger partial charge in [0.1, 0.15) is 0 Å². The number of thioether (sulfide) groups is 1. The molecule has 5 nitrogen and oxygen atoms in total. The second kappa shape index (κ2) is 8.01. The van der Waals surface area contributed by atoms with Gasteiger partial charge in [0.05, 0.1) is 11.1 Å². The van der Waals surface area contributed by atoms with Gasteiger partial charge in [0.2, 0.25) is 5.89 Å². The Hall–Kier alpha value is -3.02. The van der Waals surface area contributed by atoms with Crippen LogP contribution in [0.3, 0.4) is 0 Å². The van der Waals surface area contributed by atoms with Crippen LogP contribution in [0.15, 0.2) is 51.8 Å². The molecule has 12 heteroatoms. The summed E-state index contributed by atoms with van der Waals surface area (Å²) in [5.41, 5.74) is -3.56. The highest BCUT2D eigenvalue weighted by Crippen LogP contribution is 2.36. The van der Waals surface area contributed by atoms with Crippen LogP contribution < -0.4 is 5.32 Å². The predicted molar refractivity (Wildman–Crippen MR) is 95.9 cm³/mol. The molecular weight excluding hydrogens is 436 g/mol. The number of nitrogens with zero attached hydrogens (tertiary/aromatic N) is 2. The van der Waals surface area contributed by atoms with Crippen LogP contribution in [0.1, 0.15) is 21.5 Å². The number of alkyl halides is 6. The molecule has 0 aliphatic carbocycles. The van der Waals surface area contributed by atoms with Crippen LogP contribution in [-0.2, 0) is 12.4 Å². The summed E-state index contributed by atoms with van der Waals surface area (Å²) in [5.74, 6) is -1.25. The van der Waals surface area contributed by atoms with Crippen molar-refractivity contribution in [1.82, 2.24) is 10.2 Å². The molecule has 0 atom stereocenters. The predicted octanol–water partition coefficient (Wildman–Crippen LogP) is 5.75. The van der Waals surface area contributed by atoms with E-state index in [1.54, 1.807) is 18.2 Å². The molecule has 3 aromatic rings. The molecule has 1 N–H and O–H groups in total. The van der Waals surface area contributed by atoms with Crippen molar-refractivity contribution >= 4 is 23.7 Å². The van der Waals surface area contributed by atoms with Crippen LogP contribution in [-0.4, -0.2) is 22.4 Å². The maximum atomic E-state index is 12.9. The highest BCUT2D eigenvalue weighted by atomic mass is 32.2. The molecule has 0 saturated carbocycles. The summed E-state index contributed by atoms with van der Waals surface area (Å²) in [6, 6.07) is 7.02. The van der Waals surface area contributed by atoms with Crippen LogP contribution in [0.5, 0.6) is 0 Å². The van der Waals surface area contributed by atoms with E-state index in [4.69, 9.17) is 4.42 Å². The Kier molecular flexibility index (Phi) is 5.79. The monoisotopic (exact) mass is 447 g/mol. The number of rotatable bonds is 4. The van der Waals surface area contributed by atoms with E-state index in [9.17, 15) is 31.1 Å². The summed E-state index contributed by atoms with van der Waals surface area (Å²) in [6.45, 7) is 0. The van der Waals surface area contributed by atoms with Crippen molar-refractivity contribution in [2.24, 2.45) is 0 Å². The molecule has 0 saturated heterocycles. The molecule has 3 rings (SSSR count). The fourth-order valence-corrected chi connectivity index (χ4v) is 2.86. The van der Waals surface area contributed by atoms with Gasteiger partial charge in [-0.25, -0.2) is 0 Å². The van der Waals surface area contributed by atoms with Gasteiger partial charge in [0.25, 0.3) is 5.91 Å². The van der Waals surface area contributed by atoms with E-state index >= 15 is 0 Å². The summed E-state index contributed by atoms with van der Waals surface area (Å²) in [4.78, 5) is 13.1. The first-order chi connectivity index (χ1) is 14.0. The van der Waals surface area contributed by atoms with Crippen molar-refractivity contribution in [3.05, 3.63) is 59.2 Å². The number of aromatic nitrogens is 2. The number of hydrogen-bond donors (Lipinski definition) is 1. The summed E-state index contributed by atoms with van der Waals surface area (Å²) < 4.78 is 82.9. The SMILES string of the molecule is CSc1cccc(-c2nnc(NC(=O)c3cc(C(F)(F)F)cc(C(F)(F)F)c3)o2)c1. The molecule has 0 radical (unpaired) electrons. The van der Waals surface area contributed by atoms with E-state index in [0.717, 1.165) is 4.90 Å². The lowest BCUT2D eigenvalue weighted by Gasteiger charge is -2.13.